The van der Waals surface area contributed by atoms with Gasteiger partial charge in [-0.05, 0) is 55.8 Å². The van der Waals surface area contributed by atoms with Crippen LogP contribution >= 0.6 is 0 Å². The number of hydrogen-bond acceptors (Lipinski definition) is 4. The number of hydrogen-bond donors (Lipinski definition) is 2. The lowest BCUT2D eigenvalue weighted by Crippen LogP contribution is -2.57. The SMILES string of the molecule is O=S(=O)(O)C(F)(F)COCC12CC3CC(CC(O)(C3)C1)C2. The van der Waals surface area contributed by atoms with Gasteiger partial charge in [0.1, 0.15) is 6.61 Å². The third-order valence-corrected chi connectivity index (χ3v) is 6.08. The number of aliphatic hydroxyl groups is 1. The van der Waals surface area contributed by atoms with Gasteiger partial charge in [-0.25, -0.2) is 0 Å². The van der Waals surface area contributed by atoms with Crippen molar-refractivity contribution in [3.05, 3.63) is 0 Å². The molecule has 0 radical (unpaired) electrons. The Labute approximate surface area is 122 Å². The molecule has 4 saturated carbocycles. The van der Waals surface area contributed by atoms with Crippen molar-refractivity contribution >= 4 is 10.1 Å². The minimum atomic E-state index is -5.45. The van der Waals surface area contributed by atoms with E-state index in [-0.39, 0.29) is 12.0 Å². The predicted molar refractivity (Wildman–Crippen MR) is 69.4 cm³/mol. The first-order valence-corrected chi connectivity index (χ1v) is 8.62. The molecule has 8 heteroatoms. The second kappa shape index (κ2) is 4.59. The molecule has 0 aliphatic heterocycles. The Bertz CT molecular complexity index is 519. The molecule has 4 aliphatic rings. The third kappa shape index (κ3) is 2.83. The van der Waals surface area contributed by atoms with Crippen molar-refractivity contribution in [1.82, 2.24) is 0 Å². The minimum absolute atomic E-state index is 0.00736. The van der Waals surface area contributed by atoms with Crippen molar-refractivity contribution in [2.24, 2.45) is 17.3 Å². The monoisotopic (exact) mass is 326 g/mol. The Morgan fingerprint density at radius 2 is 1.76 bits per heavy atom. The van der Waals surface area contributed by atoms with Crippen LogP contribution in [0.2, 0.25) is 0 Å². The van der Waals surface area contributed by atoms with Gasteiger partial charge in [-0.15, -0.1) is 0 Å². The average Bonchev–Trinajstić information content (AvgIpc) is 2.22. The molecule has 0 spiro atoms. The molecule has 2 N–H and O–H groups in total. The summed E-state index contributed by atoms with van der Waals surface area (Å²) in [5.74, 6) is 0.809. The van der Waals surface area contributed by atoms with Crippen LogP contribution in [-0.2, 0) is 14.9 Å². The summed E-state index contributed by atoms with van der Waals surface area (Å²) in [6.07, 6.45) is 4.82. The van der Waals surface area contributed by atoms with Crippen LogP contribution in [0.15, 0.2) is 0 Å². The van der Waals surface area contributed by atoms with Gasteiger partial charge in [0.2, 0.25) is 0 Å². The van der Waals surface area contributed by atoms with E-state index >= 15 is 0 Å². The molecule has 0 aromatic heterocycles. The Morgan fingerprint density at radius 1 is 1.19 bits per heavy atom. The largest absolute Gasteiger partial charge is 0.392 e. The first-order valence-electron chi connectivity index (χ1n) is 7.18. The van der Waals surface area contributed by atoms with E-state index < -0.39 is 27.6 Å². The maximum atomic E-state index is 13.2. The second-order valence-electron chi connectivity index (χ2n) is 7.29. The smallest absolute Gasteiger partial charge is 0.390 e. The van der Waals surface area contributed by atoms with E-state index in [4.69, 9.17) is 9.29 Å². The molecular formula is C13H20F2O5S. The first-order chi connectivity index (χ1) is 9.53. The summed E-state index contributed by atoms with van der Waals surface area (Å²) in [7, 11) is -5.45. The lowest BCUT2D eigenvalue weighted by Gasteiger charge is -2.60. The summed E-state index contributed by atoms with van der Waals surface area (Å²) in [6, 6.07) is 0. The van der Waals surface area contributed by atoms with Gasteiger partial charge in [-0.2, -0.15) is 17.2 Å². The normalized spacial score (nSPS) is 42.5. The summed E-state index contributed by atoms with van der Waals surface area (Å²) in [5.41, 5.74) is -1.03. The number of alkyl halides is 2. The molecule has 4 rings (SSSR count). The van der Waals surface area contributed by atoms with Crippen LogP contribution in [-0.4, -0.2) is 42.1 Å². The molecule has 4 bridgehead atoms. The highest BCUT2D eigenvalue weighted by Crippen LogP contribution is 2.61. The van der Waals surface area contributed by atoms with E-state index in [1.54, 1.807) is 0 Å². The highest BCUT2D eigenvalue weighted by atomic mass is 32.2. The summed E-state index contributed by atoms with van der Waals surface area (Å²) in [6.45, 7) is -1.34. The van der Waals surface area contributed by atoms with Crippen LogP contribution in [0.3, 0.4) is 0 Å². The van der Waals surface area contributed by atoms with Crippen LogP contribution in [0.25, 0.3) is 0 Å². The number of halogens is 2. The zero-order valence-corrected chi connectivity index (χ0v) is 12.4. The van der Waals surface area contributed by atoms with Gasteiger partial charge < -0.3 is 9.84 Å². The highest BCUT2D eigenvalue weighted by molar-refractivity contribution is 7.86. The highest BCUT2D eigenvalue weighted by Gasteiger charge is 2.57. The summed E-state index contributed by atoms with van der Waals surface area (Å²) in [5, 5.41) is 6.23. The Balaban J connectivity index is 1.64. The van der Waals surface area contributed by atoms with Crippen molar-refractivity contribution in [2.45, 2.75) is 49.4 Å². The number of rotatable bonds is 5. The first kappa shape index (κ1) is 15.6. The Kier molecular flexibility index (Phi) is 3.41. The van der Waals surface area contributed by atoms with Gasteiger partial charge in [-0.1, -0.05) is 0 Å². The quantitative estimate of drug-likeness (QED) is 0.753. The predicted octanol–water partition coefficient (Wildman–Crippen LogP) is 1.81. The fourth-order valence-corrected chi connectivity index (χ4v) is 5.26. The van der Waals surface area contributed by atoms with Crippen LogP contribution < -0.4 is 0 Å². The Hall–Kier alpha value is -0.310. The molecule has 122 valence electrons. The maximum Gasteiger partial charge on any atom is 0.392 e. The van der Waals surface area contributed by atoms with Gasteiger partial charge in [0.25, 0.3) is 0 Å². The van der Waals surface area contributed by atoms with Crippen molar-refractivity contribution in [2.75, 3.05) is 13.2 Å². The van der Waals surface area contributed by atoms with Crippen molar-refractivity contribution < 1.29 is 31.6 Å². The second-order valence-corrected chi connectivity index (χ2v) is 8.84. The lowest BCUT2D eigenvalue weighted by molar-refractivity contribution is -0.185. The topological polar surface area (TPSA) is 83.8 Å². The molecule has 0 aromatic carbocycles. The zero-order chi connectivity index (χ0) is 15.5. The van der Waals surface area contributed by atoms with Crippen LogP contribution in [0.4, 0.5) is 8.78 Å². The van der Waals surface area contributed by atoms with Gasteiger partial charge in [0.15, 0.2) is 0 Å². The van der Waals surface area contributed by atoms with Crippen LogP contribution in [0, 0.1) is 17.3 Å². The van der Waals surface area contributed by atoms with E-state index in [0.29, 0.717) is 18.3 Å². The molecule has 0 aromatic rings. The standard InChI is InChI=1S/C13H20F2O5S/c14-13(15,21(17,18)19)8-20-7-11-2-9-1-10(3-11)5-12(16,4-9)6-11/h9-10,16H,1-8H2,(H,17,18,19). The molecule has 4 fully saturated rings. The molecule has 21 heavy (non-hydrogen) atoms. The van der Waals surface area contributed by atoms with Gasteiger partial charge in [0.05, 0.1) is 12.2 Å². The molecule has 4 aliphatic carbocycles. The summed E-state index contributed by atoms with van der Waals surface area (Å²) in [4.78, 5) is 0. The molecule has 0 heterocycles. The molecule has 0 amide bonds. The van der Waals surface area contributed by atoms with Gasteiger partial charge in [0, 0.05) is 0 Å². The van der Waals surface area contributed by atoms with Crippen molar-refractivity contribution in [1.29, 1.82) is 0 Å². The molecule has 0 saturated heterocycles. The average molecular weight is 326 g/mol. The van der Waals surface area contributed by atoms with Crippen molar-refractivity contribution in [3.63, 3.8) is 0 Å². The van der Waals surface area contributed by atoms with E-state index in [2.05, 4.69) is 0 Å². The minimum Gasteiger partial charge on any atom is -0.390 e. The van der Waals surface area contributed by atoms with Gasteiger partial charge >= 0.3 is 15.4 Å². The zero-order valence-electron chi connectivity index (χ0n) is 11.6. The lowest BCUT2D eigenvalue weighted by atomic mass is 9.48. The Morgan fingerprint density at radius 3 is 2.24 bits per heavy atom. The fraction of sp³-hybridized carbons (Fsp3) is 1.00. The maximum absolute atomic E-state index is 13.2. The van der Waals surface area contributed by atoms with E-state index in [0.717, 1.165) is 32.1 Å². The van der Waals surface area contributed by atoms with E-state index in [1.807, 2.05) is 0 Å². The number of ether oxygens (including phenoxy) is 1. The van der Waals surface area contributed by atoms with E-state index in [1.165, 1.54) is 0 Å². The van der Waals surface area contributed by atoms with Crippen LogP contribution in [0.5, 0.6) is 0 Å². The van der Waals surface area contributed by atoms with Crippen molar-refractivity contribution in [3.8, 4) is 0 Å². The summed E-state index contributed by atoms with van der Waals surface area (Å²) >= 11 is 0. The fourth-order valence-electron chi connectivity index (χ4n) is 5.03. The third-order valence-electron chi connectivity index (χ3n) is 5.21. The molecule has 5 nitrogen and oxygen atoms in total. The van der Waals surface area contributed by atoms with Gasteiger partial charge in [-0.3, -0.25) is 4.55 Å². The van der Waals surface area contributed by atoms with E-state index in [9.17, 15) is 22.3 Å². The molecular weight excluding hydrogens is 306 g/mol. The molecule has 2 atom stereocenters. The van der Waals surface area contributed by atoms with Crippen LogP contribution in [0.1, 0.15) is 38.5 Å². The summed E-state index contributed by atoms with van der Waals surface area (Å²) < 4.78 is 60.8. The molecule has 2 unspecified atom stereocenters.